The first-order valence-electron chi connectivity index (χ1n) is 17.8. The molecular formula is C44H46BN5. The van der Waals surface area contributed by atoms with Crippen molar-refractivity contribution in [2.75, 3.05) is 9.80 Å². The smallest absolute Gasteiger partial charge is 0.280 e. The number of anilines is 6. The van der Waals surface area contributed by atoms with Crippen LogP contribution in [0.2, 0.25) is 0 Å². The Kier molecular flexibility index (Phi) is 7.20. The summed E-state index contributed by atoms with van der Waals surface area (Å²) < 4.78 is 2.02. The normalized spacial score (nSPS) is 14.0. The van der Waals surface area contributed by atoms with Crippen molar-refractivity contribution in [1.82, 2.24) is 15.0 Å². The van der Waals surface area contributed by atoms with Gasteiger partial charge in [0.05, 0.1) is 11.3 Å². The molecule has 0 aliphatic carbocycles. The zero-order valence-electron chi connectivity index (χ0n) is 30.8. The minimum absolute atomic E-state index is 0.0198. The van der Waals surface area contributed by atoms with E-state index in [0.717, 1.165) is 34.2 Å². The van der Waals surface area contributed by atoms with Crippen molar-refractivity contribution in [2.24, 2.45) is 0 Å². The van der Waals surface area contributed by atoms with Crippen molar-refractivity contribution in [2.45, 2.75) is 78.6 Å². The van der Waals surface area contributed by atoms with Crippen molar-refractivity contribution < 1.29 is 0 Å². The van der Waals surface area contributed by atoms with Crippen molar-refractivity contribution in [3.8, 4) is 5.69 Å². The van der Waals surface area contributed by atoms with Gasteiger partial charge in [-0.25, -0.2) is 0 Å². The number of hydrogen-bond donors (Lipinski definition) is 0. The number of rotatable bonds is 3. The Labute approximate surface area is 297 Å². The van der Waals surface area contributed by atoms with E-state index in [9.17, 15) is 0 Å². The Balaban J connectivity index is 1.42. The molecule has 0 saturated carbocycles. The van der Waals surface area contributed by atoms with Gasteiger partial charge in [0.1, 0.15) is 0 Å². The summed E-state index contributed by atoms with van der Waals surface area (Å²) in [5.74, 6) is 0.976. The first-order chi connectivity index (χ1) is 23.7. The van der Waals surface area contributed by atoms with Crippen molar-refractivity contribution >= 4 is 57.5 Å². The van der Waals surface area contributed by atoms with Gasteiger partial charge >= 0.3 is 0 Å². The van der Waals surface area contributed by atoms with E-state index >= 15 is 0 Å². The summed E-state index contributed by atoms with van der Waals surface area (Å²) in [6.45, 7) is 20.4. The Bertz CT molecular complexity index is 2210. The topological polar surface area (TPSA) is 37.2 Å². The Morgan fingerprint density at radius 3 is 1.56 bits per heavy atom. The van der Waals surface area contributed by atoms with Crippen molar-refractivity contribution in [3.63, 3.8) is 0 Å². The quantitative estimate of drug-likeness (QED) is 0.178. The minimum atomic E-state index is -0.0961. The Morgan fingerprint density at radius 1 is 0.480 bits per heavy atom. The van der Waals surface area contributed by atoms with Crippen LogP contribution in [-0.4, -0.2) is 21.7 Å². The van der Waals surface area contributed by atoms with Gasteiger partial charge in [0.15, 0.2) is 5.82 Å². The third kappa shape index (κ3) is 5.15. The lowest BCUT2D eigenvalue weighted by Gasteiger charge is -2.43. The molecule has 6 heteroatoms. The third-order valence-corrected chi connectivity index (χ3v) is 10.4. The molecule has 0 bridgehead atoms. The van der Waals surface area contributed by atoms with Crippen LogP contribution < -0.4 is 26.3 Å². The third-order valence-electron chi connectivity index (χ3n) is 10.4. The summed E-state index contributed by atoms with van der Waals surface area (Å²) in [6.07, 6.45) is 0. The van der Waals surface area contributed by atoms with Gasteiger partial charge in [-0.3, -0.25) is 4.90 Å². The monoisotopic (exact) mass is 655 g/mol. The molecule has 8 rings (SSSR count). The van der Waals surface area contributed by atoms with Crippen LogP contribution in [-0.2, 0) is 16.2 Å². The van der Waals surface area contributed by atoms with Crippen LogP contribution in [0.15, 0.2) is 115 Å². The first-order valence-corrected chi connectivity index (χ1v) is 17.8. The molecule has 2 aliphatic heterocycles. The van der Waals surface area contributed by atoms with E-state index in [4.69, 9.17) is 10.3 Å². The highest BCUT2D eigenvalue weighted by Gasteiger charge is 2.46. The Morgan fingerprint density at radius 2 is 1.00 bits per heavy atom. The molecule has 0 spiro atoms. The number of nitrogens with zero attached hydrogens (tertiary/aromatic N) is 5. The average Bonchev–Trinajstić information content (AvgIpc) is 3.52. The summed E-state index contributed by atoms with van der Waals surface area (Å²) in [7, 11) is 0. The summed E-state index contributed by atoms with van der Waals surface area (Å²) >= 11 is 0. The number of fused-ring (bicyclic) bond motifs is 4. The molecule has 50 heavy (non-hydrogen) atoms. The van der Waals surface area contributed by atoms with Gasteiger partial charge in [-0.15, -0.1) is 5.10 Å². The molecule has 1 aromatic heterocycles. The number of para-hydroxylation sites is 1. The number of aromatic nitrogens is 3. The molecule has 0 unspecified atom stereocenters. The van der Waals surface area contributed by atoms with Crippen LogP contribution >= 0.6 is 0 Å². The molecular weight excluding hydrogens is 609 g/mol. The fourth-order valence-electron chi connectivity index (χ4n) is 7.55. The van der Waals surface area contributed by atoms with Crippen LogP contribution in [0.1, 0.15) is 79.0 Å². The zero-order chi connectivity index (χ0) is 35.2. The highest BCUT2D eigenvalue weighted by Crippen LogP contribution is 2.45. The van der Waals surface area contributed by atoms with Crippen LogP contribution in [0.5, 0.6) is 0 Å². The fourth-order valence-corrected chi connectivity index (χ4v) is 7.55. The fraction of sp³-hybridized carbons (Fsp3) is 0.273. The molecule has 0 N–H and O–H groups in total. The molecule has 0 fully saturated rings. The summed E-state index contributed by atoms with van der Waals surface area (Å²) in [5.41, 5.74) is 14.2. The van der Waals surface area contributed by atoms with E-state index in [1.165, 1.54) is 39.0 Å². The van der Waals surface area contributed by atoms with E-state index in [-0.39, 0.29) is 23.0 Å². The minimum Gasteiger partial charge on any atom is -0.311 e. The number of hydrogen-bond acceptors (Lipinski definition) is 4. The first kappa shape index (κ1) is 32.1. The maximum absolute atomic E-state index is 5.07. The number of benzene rings is 5. The van der Waals surface area contributed by atoms with E-state index in [2.05, 4.69) is 181 Å². The van der Waals surface area contributed by atoms with Crippen LogP contribution in [0.25, 0.3) is 5.69 Å². The lowest BCUT2D eigenvalue weighted by Crippen LogP contribution is -2.62. The van der Waals surface area contributed by atoms with Gasteiger partial charge in [-0.05, 0) is 98.5 Å². The van der Waals surface area contributed by atoms with Gasteiger partial charge < -0.3 is 4.90 Å². The van der Waals surface area contributed by atoms with E-state index < -0.39 is 0 Å². The highest BCUT2D eigenvalue weighted by atomic mass is 15.5. The molecule has 6 aromatic rings. The lowest BCUT2D eigenvalue weighted by atomic mass is 9.35. The molecule has 3 heterocycles. The van der Waals surface area contributed by atoms with E-state index in [1.54, 1.807) is 0 Å². The van der Waals surface area contributed by atoms with E-state index in [0.29, 0.717) is 0 Å². The molecule has 0 saturated heterocycles. The second kappa shape index (κ2) is 11.2. The summed E-state index contributed by atoms with van der Waals surface area (Å²) in [4.78, 5) is 4.83. The second-order valence-corrected chi connectivity index (χ2v) is 17.0. The lowest BCUT2D eigenvalue weighted by molar-refractivity contribution is 0.590. The standard InChI is InChI=1S/C44H46BN5/c1-42(2,3)29-18-23-32(24-19-29)48-36-27-22-31(44(7,8)9)28-35(36)45-39-37(48)16-13-17-38(39)49(33-25-20-30(21-26-33)43(4,5)6)41-40(45)46-47-50(41)34-14-11-10-12-15-34/h10-28H,1-9H3. The van der Waals surface area contributed by atoms with Crippen LogP contribution in [0.4, 0.5) is 34.3 Å². The van der Waals surface area contributed by atoms with Gasteiger partial charge in [-0.2, -0.15) is 4.68 Å². The summed E-state index contributed by atoms with van der Waals surface area (Å²) in [5, 5.41) is 9.97. The predicted octanol–water partition coefficient (Wildman–Crippen LogP) is 9.24. The maximum Gasteiger partial charge on any atom is 0.280 e. The predicted molar refractivity (Wildman–Crippen MR) is 211 cm³/mol. The van der Waals surface area contributed by atoms with Crippen molar-refractivity contribution in [1.29, 1.82) is 0 Å². The average molecular weight is 656 g/mol. The molecule has 0 atom stereocenters. The molecule has 5 aromatic carbocycles. The molecule has 2 aliphatic rings. The molecule has 5 nitrogen and oxygen atoms in total. The highest BCUT2D eigenvalue weighted by molar-refractivity contribution is 6.99. The molecule has 0 radical (unpaired) electrons. The Hall–Kier alpha value is -5.10. The largest absolute Gasteiger partial charge is 0.311 e. The molecule has 250 valence electrons. The van der Waals surface area contributed by atoms with Gasteiger partial charge in [0.25, 0.3) is 6.71 Å². The maximum atomic E-state index is 5.07. The van der Waals surface area contributed by atoms with Crippen LogP contribution in [0, 0.1) is 0 Å². The van der Waals surface area contributed by atoms with Gasteiger partial charge in [-0.1, -0.05) is 128 Å². The van der Waals surface area contributed by atoms with Crippen LogP contribution in [0.3, 0.4) is 0 Å². The summed E-state index contributed by atoms with van der Waals surface area (Å²) in [6, 6.07) is 42.4. The SMILES string of the molecule is CC(C)(C)c1ccc(N2c3ccc(C(C)(C)C)cc3B3c4nnn(-c5ccccc5)c4N(c4ccc(C(C)(C)C)cc4)c4cccc2c43)cc1. The van der Waals surface area contributed by atoms with Gasteiger partial charge in [0.2, 0.25) is 0 Å². The van der Waals surface area contributed by atoms with Gasteiger partial charge in [0, 0.05) is 28.4 Å². The second-order valence-electron chi connectivity index (χ2n) is 17.0. The molecule has 0 amide bonds. The van der Waals surface area contributed by atoms with E-state index in [1.807, 2.05) is 10.7 Å². The van der Waals surface area contributed by atoms with Crippen molar-refractivity contribution in [3.05, 3.63) is 132 Å². The zero-order valence-corrected chi connectivity index (χ0v) is 30.8.